The highest BCUT2D eigenvalue weighted by Gasteiger charge is 2.22. The van der Waals surface area contributed by atoms with Gasteiger partial charge in [-0.3, -0.25) is 4.90 Å². The third-order valence-electron chi connectivity index (χ3n) is 4.13. The van der Waals surface area contributed by atoms with E-state index < -0.39 is 0 Å². The zero-order chi connectivity index (χ0) is 14.5. The highest BCUT2D eigenvalue weighted by Crippen LogP contribution is 2.32. The van der Waals surface area contributed by atoms with Crippen LogP contribution in [0.3, 0.4) is 0 Å². The minimum Gasteiger partial charge on any atom is -0.297 e. The van der Waals surface area contributed by atoms with Crippen LogP contribution in [0.5, 0.6) is 0 Å². The lowest BCUT2D eigenvalue weighted by molar-refractivity contribution is 0.157. The van der Waals surface area contributed by atoms with Gasteiger partial charge in [0.2, 0.25) is 0 Å². The van der Waals surface area contributed by atoms with Crippen molar-refractivity contribution < 1.29 is 0 Å². The van der Waals surface area contributed by atoms with Gasteiger partial charge in [-0.05, 0) is 49.7 Å². The molecule has 1 aliphatic rings. The van der Waals surface area contributed by atoms with E-state index in [0.717, 1.165) is 11.6 Å². The van der Waals surface area contributed by atoms with E-state index in [4.69, 9.17) is 0 Å². The molecule has 2 aromatic rings. The van der Waals surface area contributed by atoms with Gasteiger partial charge in [0.05, 0.1) is 0 Å². The fourth-order valence-electron chi connectivity index (χ4n) is 3.01. The number of piperidine rings is 1. The van der Waals surface area contributed by atoms with Crippen LogP contribution >= 0.6 is 11.8 Å². The van der Waals surface area contributed by atoms with E-state index in [9.17, 15) is 0 Å². The third-order valence-corrected chi connectivity index (χ3v) is 5.09. The van der Waals surface area contributed by atoms with Gasteiger partial charge >= 0.3 is 0 Å². The summed E-state index contributed by atoms with van der Waals surface area (Å²) in [5, 5.41) is 1.07. The summed E-state index contributed by atoms with van der Waals surface area (Å²) < 4.78 is 0. The Morgan fingerprint density at radius 1 is 1.14 bits per heavy atom. The molecular formula is C18H22N2S. The molecule has 0 amide bonds. The topological polar surface area (TPSA) is 16.1 Å². The fraction of sp³-hybridized carbons (Fsp3) is 0.389. The summed E-state index contributed by atoms with van der Waals surface area (Å²) in [5.41, 5.74) is 1.37. The predicted octanol–water partition coefficient (Wildman–Crippen LogP) is 4.78. The lowest BCUT2D eigenvalue weighted by atomic mass is 9.96. The molecule has 2 heterocycles. The van der Waals surface area contributed by atoms with Gasteiger partial charge < -0.3 is 0 Å². The van der Waals surface area contributed by atoms with Gasteiger partial charge in [0.15, 0.2) is 0 Å². The first-order chi connectivity index (χ1) is 10.4. The number of hydrogen-bond acceptors (Lipinski definition) is 3. The van der Waals surface area contributed by atoms with Gasteiger partial charge in [-0.2, -0.15) is 0 Å². The van der Waals surface area contributed by atoms with Gasteiger partial charge in [-0.1, -0.05) is 49.4 Å². The van der Waals surface area contributed by atoms with Crippen LogP contribution in [-0.4, -0.2) is 23.0 Å². The first-order valence-electron chi connectivity index (χ1n) is 7.79. The van der Waals surface area contributed by atoms with Gasteiger partial charge in [0.1, 0.15) is 5.03 Å². The summed E-state index contributed by atoms with van der Waals surface area (Å²) >= 11 is 1.72. The molecule has 1 aromatic heterocycles. The Morgan fingerprint density at radius 2 is 2.00 bits per heavy atom. The minimum absolute atomic E-state index is 0.562. The van der Waals surface area contributed by atoms with Crippen molar-refractivity contribution in [2.45, 2.75) is 42.1 Å². The van der Waals surface area contributed by atoms with Gasteiger partial charge in [0, 0.05) is 17.1 Å². The van der Waals surface area contributed by atoms with Crippen molar-refractivity contribution in [1.82, 2.24) is 9.88 Å². The molecule has 1 saturated heterocycles. The SMILES string of the molecule is CCN1CCCCC1c1ccc(Sc2ccccc2)nc1. The quantitative estimate of drug-likeness (QED) is 0.808. The normalized spacial score (nSPS) is 19.6. The molecule has 0 spiro atoms. The predicted molar refractivity (Wildman–Crippen MR) is 88.6 cm³/mol. The summed E-state index contributed by atoms with van der Waals surface area (Å²) in [4.78, 5) is 8.47. The Kier molecular flexibility index (Phi) is 4.94. The lowest BCUT2D eigenvalue weighted by Crippen LogP contribution is -2.33. The molecular weight excluding hydrogens is 276 g/mol. The monoisotopic (exact) mass is 298 g/mol. The van der Waals surface area contributed by atoms with Crippen LogP contribution in [0, 0.1) is 0 Å². The van der Waals surface area contributed by atoms with Crippen molar-refractivity contribution in [1.29, 1.82) is 0 Å². The van der Waals surface area contributed by atoms with E-state index in [2.05, 4.69) is 59.4 Å². The third kappa shape index (κ3) is 3.66. The number of rotatable bonds is 4. The van der Waals surface area contributed by atoms with Crippen LogP contribution in [-0.2, 0) is 0 Å². The van der Waals surface area contributed by atoms with Crippen LogP contribution in [0.15, 0.2) is 58.6 Å². The lowest BCUT2D eigenvalue weighted by Gasteiger charge is -2.35. The summed E-state index contributed by atoms with van der Waals surface area (Å²) in [7, 11) is 0. The van der Waals surface area contributed by atoms with Crippen LogP contribution in [0.25, 0.3) is 0 Å². The first kappa shape index (κ1) is 14.6. The molecule has 1 fully saturated rings. The summed E-state index contributed by atoms with van der Waals surface area (Å²) in [5.74, 6) is 0. The Hall–Kier alpha value is -1.32. The molecule has 1 atom stereocenters. The van der Waals surface area contributed by atoms with Gasteiger partial charge in [0.25, 0.3) is 0 Å². The van der Waals surface area contributed by atoms with Crippen molar-refractivity contribution in [3.05, 3.63) is 54.2 Å². The van der Waals surface area contributed by atoms with Crippen molar-refractivity contribution in [2.24, 2.45) is 0 Å². The van der Waals surface area contributed by atoms with Crippen LogP contribution in [0.2, 0.25) is 0 Å². The first-order valence-corrected chi connectivity index (χ1v) is 8.61. The number of nitrogens with zero attached hydrogens (tertiary/aromatic N) is 2. The molecule has 0 radical (unpaired) electrons. The zero-order valence-electron chi connectivity index (χ0n) is 12.5. The summed E-state index contributed by atoms with van der Waals surface area (Å²) in [6, 6.07) is 15.4. The summed E-state index contributed by atoms with van der Waals surface area (Å²) in [6.45, 7) is 4.61. The molecule has 2 nitrogen and oxygen atoms in total. The van der Waals surface area contributed by atoms with Crippen molar-refractivity contribution in [2.75, 3.05) is 13.1 Å². The second-order valence-corrected chi connectivity index (χ2v) is 6.58. The molecule has 0 aliphatic carbocycles. The Morgan fingerprint density at radius 3 is 2.71 bits per heavy atom. The van der Waals surface area contributed by atoms with Crippen molar-refractivity contribution in [3.63, 3.8) is 0 Å². The number of benzene rings is 1. The Bertz CT molecular complexity index is 553. The molecule has 21 heavy (non-hydrogen) atoms. The second-order valence-electron chi connectivity index (χ2n) is 5.49. The van der Waals surface area contributed by atoms with Crippen molar-refractivity contribution in [3.8, 4) is 0 Å². The van der Waals surface area contributed by atoms with E-state index in [1.807, 2.05) is 6.07 Å². The second kappa shape index (κ2) is 7.10. The maximum Gasteiger partial charge on any atom is 0.101 e. The highest BCUT2D eigenvalue weighted by molar-refractivity contribution is 7.99. The Labute approximate surface area is 131 Å². The van der Waals surface area contributed by atoms with E-state index in [1.54, 1.807) is 11.8 Å². The molecule has 110 valence electrons. The van der Waals surface area contributed by atoms with Crippen LogP contribution in [0.1, 0.15) is 37.8 Å². The smallest absolute Gasteiger partial charge is 0.101 e. The number of aromatic nitrogens is 1. The van der Waals surface area contributed by atoms with Gasteiger partial charge in [-0.25, -0.2) is 4.98 Å². The maximum atomic E-state index is 4.65. The van der Waals surface area contributed by atoms with E-state index in [-0.39, 0.29) is 0 Å². The molecule has 3 rings (SSSR count). The number of likely N-dealkylation sites (tertiary alicyclic amines) is 1. The Balaban J connectivity index is 1.71. The van der Waals surface area contributed by atoms with E-state index in [0.29, 0.717) is 6.04 Å². The summed E-state index contributed by atoms with van der Waals surface area (Å²) in [6.07, 6.45) is 6.01. The molecule has 1 aliphatic heterocycles. The van der Waals surface area contributed by atoms with Crippen LogP contribution < -0.4 is 0 Å². The molecule has 0 saturated carbocycles. The zero-order valence-corrected chi connectivity index (χ0v) is 13.4. The van der Waals surface area contributed by atoms with Gasteiger partial charge in [-0.15, -0.1) is 0 Å². The largest absolute Gasteiger partial charge is 0.297 e. The highest BCUT2D eigenvalue weighted by atomic mass is 32.2. The molecule has 1 unspecified atom stereocenters. The molecule has 3 heteroatoms. The maximum absolute atomic E-state index is 4.65. The molecule has 0 N–H and O–H groups in total. The average Bonchev–Trinajstić information content (AvgIpc) is 2.56. The average molecular weight is 298 g/mol. The van der Waals surface area contributed by atoms with Crippen LogP contribution in [0.4, 0.5) is 0 Å². The standard InChI is InChI=1S/C18H22N2S/c1-2-20-13-7-6-10-17(20)15-11-12-18(19-14-15)21-16-8-4-3-5-9-16/h3-5,8-9,11-12,14,17H,2,6-7,10,13H2,1H3. The minimum atomic E-state index is 0.562. The van der Waals surface area contributed by atoms with E-state index in [1.165, 1.54) is 36.3 Å². The number of hydrogen-bond donors (Lipinski definition) is 0. The molecule has 0 bridgehead atoms. The van der Waals surface area contributed by atoms with E-state index >= 15 is 0 Å². The fourth-order valence-corrected chi connectivity index (χ4v) is 3.78. The van der Waals surface area contributed by atoms with Crippen molar-refractivity contribution >= 4 is 11.8 Å². The molecule has 1 aromatic carbocycles. The number of pyridine rings is 1.